The van der Waals surface area contributed by atoms with Crippen molar-refractivity contribution < 1.29 is 38.5 Å². The molecule has 10 nitrogen and oxygen atoms in total. The molecular formula is C28H29NO9. The molecule has 0 unspecified atom stereocenters. The van der Waals surface area contributed by atoms with Crippen LogP contribution in [0.4, 0.5) is 5.69 Å². The fourth-order valence-electron chi connectivity index (χ4n) is 4.17. The van der Waals surface area contributed by atoms with Crippen molar-refractivity contribution in [3.8, 4) is 0 Å². The fraction of sp³-hybridized carbons (Fsp3) is 0.321. The maximum absolute atomic E-state index is 13.1. The first-order valence-corrected chi connectivity index (χ1v) is 12.1. The smallest absolute Gasteiger partial charge is 0.338 e. The van der Waals surface area contributed by atoms with Crippen molar-refractivity contribution in [2.24, 2.45) is 0 Å². The van der Waals surface area contributed by atoms with Crippen LogP contribution in [-0.2, 0) is 36.9 Å². The predicted octanol–water partition coefficient (Wildman–Crippen LogP) is 3.65. The fourth-order valence-corrected chi connectivity index (χ4v) is 4.17. The molecule has 1 heterocycles. The van der Waals surface area contributed by atoms with E-state index in [0.29, 0.717) is 0 Å². The Morgan fingerprint density at radius 3 is 1.92 bits per heavy atom. The maximum atomic E-state index is 13.1. The topological polar surface area (TPSA) is 127 Å². The van der Waals surface area contributed by atoms with Gasteiger partial charge in [0.05, 0.1) is 30.3 Å². The molecule has 0 bridgehead atoms. The lowest BCUT2D eigenvalue weighted by Crippen LogP contribution is -2.61. The van der Waals surface area contributed by atoms with Gasteiger partial charge in [0.25, 0.3) is 5.69 Å². The van der Waals surface area contributed by atoms with E-state index in [9.17, 15) is 20.0 Å². The zero-order valence-electron chi connectivity index (χ0n) is 20.8. The second-order valence-electron chi connectivity index (χ2n) is 8.66. The molecule has 3 aromatic carbocycles. The molecule has 1 aliphatic heterocycles. The number of aliphatic hydroxyl groups excluding tert-OH is 1. The number of non-ortho nitro benzene ring substituents is 1. The number of benzene rings is 3. The third-order valence-corrected chi connectivity index (χ3v) is 6.13. The summed E-state index contributed by atoms with van der Waals surface area (Å²) < 4.78 is 29.7. The van der Waals surface area contributed by atoms with Gasteiger partial charge >= 0.3 is 5.97 Å². The van der Waals surface area contributed by atoms with E-state index in [1.807, 2.05) is 60.7 Å². The van der Waals surface area contributed by atoms with Gasteiger partial charge < -0.3 is 28.8 Å². The average molecular weight is 524 g/mol. The number of aliphatic hydroxyl groups is 1. The Labute approximate surface area is 219 Å². The minimum Gasteiger partial charge on any atom is -0.453 e. The molecule has 0 spiro atoms. The summed E-state index contributed by atoms with van der Waals surface area (Å²) in [5.74, 6) is -0.752. The highest BCUT2D eigenvalue weighted by Crippen LogP contribution is 2.31. The van der Waals surface area contributed by atoms with Crippen molar-refractivity contribution in [2.45, 2.75) is 43.9 Å². The van der Waals surface area contributed by atoms with Gasteiger partial charge in [0.2, 0.25) is 0 Å². The highest BCUT2D eigenvalue weighted by molar-refractivity contribution is 5.89. The standard InChI is InChI=1S/C28H29NO9/c1-34-28-26(36-18-20-10-6-3-7-11-20)25(35-17-19-8-4-2-5-9-19)24(23(16-30)37-28)38-27(31)21-12-14-22(15-13-21)29(32)33/h2-15,23-26,28,30H,16-18H2,1H3/t23-,24-,25+,26-,28+/m1/s1. The molecule has 0 amide bonds. The number of hydrogen-bond acceptors (Lipinski definition) is 9. The first kappa shape index (κ1) is 27.4. The third-order valence-electron chi connectivity index (χ3n) is 6.13. The minimum atomic E-state index is -1.07. The normalized spacial score (nSPS) is 23.1. The zero-order valence-corrected chi connectivity index (χ0v) is 20.8. The summed E-state index contributed by atoms with van der Waals surface area (Å²) in [5, 5.41) is 21.1. The quantitative estimate of drug-likeness (QED) is 0.228. The van der Waals surface area contributed by atoms with Gasteiger partial charge in [-0.15, -0.1) is 0 Å². The second-order valence-corrected chi connectivity index (χ2v) is 8.66. The molecule has 38 heavy (non-hydrogen) atoms. The predicted molar refractivity (Wildman–Crippen MR) is 135 cm³/mol. The molecule has 3 aromatic rings. The average Bonchev–Trinajstić information content (AvgIpc) is 2.96. The molecule has 1 N–H and O–H groups in total. The summed E-state index contributed by atoms with van der Waals surface area (Å²) in [6, 6.07) is 24.0. The van der Waals surface area contributed by atoms with Gasteiger partial charge in [-0.25, -0.2) is 4.79 Å². The van der Waals surface area contributed by atoms with Crippen LogP contribution in [0.25, 0.3) is 0 Å². The summed E-state index contributed by atoms with van der Waals surface area (Å²) >= 11 is 0. The van der Waals surface area contributed by atoms with Crippen molar-refractivity contribution >= 4 is 11.7 Å². The Hall–Kier alpha value is -3.67. The highest BCUT2D eigenvalue weighted by atomic mass is 16.7. The van der Waals surface area contributed by atoms with Gasteiger partial charge in [-0.2, -0.15) is 0 Å². The van der Waals surface area contributed by atoms with E-state index in [0.717, 1.165) is 11.1 Å². The van der Waals surface area contributed by atoms with Crippen LogP contribution in [0.1, 0.15) is 21.5 Å². The molecule has 0 radical (unpaired) electrons. The molecular weight excluding hydrogens is 494 g/mol. The summed E-state index contributed by atoms with van der Waals surface area (Å²) in [5.41, 5.74) is 1.74. The van der Waals surface area contributed by atoms with E-state index in [-0.39, 0.29) is 24.5 Å². The molecule has 200 valence electrons. The first-order valence-electron chi connectivity index (χ1n) is 12.1. The number of nitro groups is 1. The Morgan fingerprint density at radius 1 is 0.868 bits per heavy atom. The van der Waals surface area contributed by atoms with Crippen LogP contribution in [0.2, 0.25) is 0 Å². The van der Waals surface area contributed by atoms with Crippen LogP contribution < -0.4 is 0 Å². The lowest BCUT2D eigenvalue weighted by Gasteiger charge is -2.44. The molecule has 0 saturated carbocycles. The largest absolute Gasteiger partial charge is 0.453 e. The van der Waals surface area contributed by atoms with Crippen LogP contribution >= 0.6 is 0 Å². The summed E-state index contributed by atoms with van der Waals surface area (Å²) in [6.07, 6.45) is -4.65. The molecule has 1 aliphatic rings. The number of nitro benzene ring substituents is 1. The summed E-state index contributed by atoms with van der Waals surface area (Å²) in [4.78, 5) is 23.5. The van der Waals surface area contributed by atoms with E-state index in [1.165, 1.54) is 31.4 Å². The number of esters is 1. The first-order chi connectivity index (χ1) is 18.5. The number of ether oxygens (including phenoxy) is 5. The number of rotatable bonds is 11. The molecule has 1 saturated heterocycles. The Balaban J connectivity index is 1.60. The highest BCUT2D eigenvalue weighted by Gasteiger charge is 2.50. The SMILES string of the molecule is CO[C@H]1O[C@H](CO)[C@@H](OC(=O)c2ccc([N+](=O)[O-])cc2)[C@H](OCc2ccccc2)[C@H]1OCc1ccccc1. The lowest BCUT2D eigenvalue weighted by atomic mass is 9.98. The van der Waals surface area contributed by atoms with Crippen LogP contribution in [0.3, 0.4) is 0 Å². The summed E-state index contributed by atoms with van der Waals surface area (Å²) in [7, 11) is 1.45. The van der Waals surface area contributed by atoms with Crippen LogP contribution in [0.15, 0.2) is 84.9 Å². The van der Waals surface area contributed by atoms with Gasteiger partial charge in [0.1, 0.15) is 18.3 Å². The van der Waals surface area contributed by atoms with Crippen molar-refractivity contribution in [3.05, 3.63) is 112 Å². The molecule has 4 rings (SSSR count). The monoisotopic (exact) mass is 523 g/mol. The summed E-state index contributed by atoms with van der Waals surface area (Å²) in [6.45, 7) is -0.0850. The molecule has 0 aliphatic carbocycles. The number of hydrogen-bond donors (Lipinski definition) is 1. The Kier molecular flexibility index (Phi) is 9.52. The van der Waals surface area contributed by atoms with Gasteiger partial charge in [-0.3, -0.25) is 10.1 Å². The molecule has 10 heteroatoms. The van der Waals surface area contributed by atoms with E-state index >= 15 is 0 Å². The second kappa shape index (κ2) is 13.2. The molecule has 5 atom stereocenters. The van der Waals surface area contributed by atoms with Gasteiger partial charge in [0, 0.05) is 19.2 Å². The Morgan fingerprint density at radius 2 is 1.42 bits per heavy atom. The number of methoxy groups -OCH3 is 1. The van der Waals surface area contributed by atoms with Crippen molar-refractivity contribution in [1.29, 1.82) is 0 Å². The van der Waals surface area contributed by atoms with Crippen LogP contribution in [0.5, 0.6) is 0 Å². The minimum absolute atomic E-state index is 0.102. The lowest BCUT2D eigenvalue weighted by molar-refractivity contribution is -0.384. The van der Waals surface area contributed by atoms with Crippen LogP contribution in [-0.4, -0.2) is 60.4 Å². The van der Waals surface area contributed by atoms with Crippen molar-refractivity contribution in [2.75, 3.05) is 13.7 Å². The van der Waals surface area contributed by atoms with Crippen molar-refractivity contribution in [3.63, 3.8) is 0 Å². The van der Waals surface area contributed by atoms with Crippen molar-refractivity contribution in [1.82, 2.24) is 0 Å². The van der Waals surface area contributed by atoms with Gasteiger partial charge in [-0.05, 0) is 23.3 Å². The van der Waals surface area contributed by atoms with E-state index in [4.69, 9.17) is 23.7 Å². The molecule has 1 fully saturated rings. The third kappa shape index (κ3) is 6.80. The number of carbonyl (C=O) groups excluding carboxylic acids is 1. The van der Waals surface area contributed by atoms with E-state index in [1.54, 1.807) is 0 Å². The van der Waals surface area contributed by atoms with Crippen LogP contribution in [0, 0.1) is 10.1 Å². The number of carbonyl (C=O) groups is 1. The number of nitrogens with zero attached hydrogens (tertiary/aromatic N) is 1. The molecule has 0 aromatic heterocycles. The Bertz CT molecular complexity index is 1170. The van der Waals surface area contributed by atoms with E-state index < -0.39 is 48.2 Å². The van der Waals surface area contributed by atoms with E-state index in [2.05, 4.69) is 0 Å². The van der Waals surface area contributed by atoms with Gasteiger partial charge in [0.15, 0.2) is 12.4 Å². The zero-order chi connectivity index (χ0) is 26.9. The maximum Gasteiger partial charge on any atom is 0.338 e. The van der Waals surface area contributed by atoms with Gasteiger partial charge in [-0.1, -0.05) is 60.7 Å².